The highest BCUT2D eigenvalue weighted by molar-refractivity contribution is 7.81. The number of halogens is 2. The van der Waals surface area contributed by atoms with E-state index in [0.717, 1.165) is 0 Å². The van der Waals surface area contributed by atoms with Gasteiger partial charge in [0.15, 0.2) is 0 Å². The van der Waals surface area contributed by atoms with Gasteiger partial charge in [0.25, 0.3) is 0 Å². The first-order valence-corrected chi connectivity index (χ1v) is 5.41. The summed E-state index contributed by atoms with van der Waals surface area (Å²) in [5.74, 6) is -0.550. The molecule has 1 aromatic carbocycles. The first kappa shape index (κ1) is 10.8. The van der Waals surface area contributed by atoms with E-state index in [9.17, 15) is 9.18 Å². The second-order valence-corrected chi connectivity index (χ2v) is 4.62. The van der Waals surface area contributed by atoms with Gasteiger partial charge in [0.2, 0.25) is 5.91 Å². The number of carbonyl (C=O) groups is 1. The van der Waals surface area contributed by atoms with Crippen LogP contribution in [0, 0.1) is 5.82 Å². The fraction of sp³-hybridized carbons (Fsp3) is 0.300. The minimum Gasteiger partial charge on any atom is -0.308 e. The molecule has 1 atom stereocenters. The number of benzene rings is 1. The number of amides is 1. The molecule has 2 nitrogen and oxygen atoms in total. The van der Waals surface area contributed by atoms with Crippen LogP contribution in [0.1, 0.15) is 6.42 Å². The van der Waals surface area contributed by atoms with Crippen LogP contribution in [0.25, 0.3) is 0 Å². The van der Waals surface area contributed by atoms with Crippen LogP contribution in [0.5, 0.6) is 0 Å². The molecule has 1 aliphatic heterocycles. The normalized spacial score (nSPS) is 21.1. The molecule has 15 heavy (non-hydrogen) atoms. The van der Waals surface area contributed by atoms with Crippen LogP contribution in [0.4, 0.5) is 10.1 Å². The van der Waals surface area contributed by atoms with Gasteiger partial charge in [-0.2, -0.15) is 12.6 Å². The lowest BCUT2D eigenvalue weighted by Crippen LogP contribution is -2.25. The summed E-state index contributed by atoms with van der Waals surface area (Å²) >= 11 is 9.96. The zero-order valence-corrected chi connectivity index (χ0v) is 9.43. The summed E-state index contributed by atoms with van der Waals surface area (Å²) in [5, 5.41) is 0.387. The second kappa shape index (κ2) is 4.02. The van der Waals surface area contributed by atoms with Gasteiger partial charge >= 0.3 is 0 Å². The molecule has 0 bridgehead atoms. The Morgan fingerprint density at radius 2 is 2.27 bits per heavy atom. The molecule has 0 aliphatic carbocycles. The molecule has 1 heterocycles. The first-order valence-electron chi connectivity index (χ1n) is 4.51. The lowest BCUT2D eigenvalue weighted by molar-refractivity contribution is -0.117. The van der Waals surface area contributed by atoms with Crippen LogP contribution in [-0.2, 0) is 4.79 Å². The number of carbonyl (C=O) groups excluding carboxylic acids is 1. The summed E-state index contributed by atoms with van der Waals surface area (Å²) in [4.78, 5) is 12.9. The molecular weight excluding hydrogens is 237 g/mol. The van der Waals surface area contributed by atoms with Gasteiger partial charge in [0.1, 0.15) is 5.82 Å². The maximum atomic E-state index is 13.4. The zero-order valence-electron chi connectivity index (χ0n) is 7.78. The van der Waals surface area contributed by atoms with E-state index in [2.05, 4.69) is 12.6 Å². The quantitative estimate of drug-likeness (QED) is 0.754. The van der Waals surface area contributed by atoms with Crippen molar-refractivity contribution in [2.75, 3.05) is 11.4 Å². The van der Waals surface area contributed by atoms with Gasteiger partial charge in [-0.05, 0) is 18.2 Å². The number of hydrogen-bond donors (Lipinski definition) is 1. The molecule has 5 heteroatoms. The number of hydrogen-bond acceptors (Lipinski definition) is 2. The van der Waals surface area contributed by atoms with Gasteiger partial charge in [0.05, 0.1) is 5.69 Å². The van der Waals surface area contributed by atoms with E-state index in [4.69, 9.17) is 11.6 Å². The lowest BCUT2D eigenvalue weighted by atomic mass is 10.3. The Morgan fingerprint density at radius 3 is 2.87 bits per heavy atom. The van der Waals surface area contributed by atoms with Gasteiger partial charge in [-0.15, -0.1) is 0 Å². The molecule has 0 N–H and O–H groups in total. The zero-order chi connectivity index (χ0) is 11.0. The largest absolute Gasteiger partial charge is 0.308 e. The third-order valence-electron chi connectivity index (χ3n) is 2.30. The molecule has 0 saturated carbocycles. The highest BCUT2D eigenvalue weighted by Crippen LogP contribution is 2.28. The number of nitrogens with zero attached hydrogens (tertiary/aromatic N) is 1. The molecule has 1 saturated heterocycles. The smallest absolute Gasteiger partial charge is 0.228 e. The molecular formula is C10H9ClFNOS. The average Bonchev–Trinajstić information content (AvgIpc) is 2.50. The van der Waals surface area contributed by atoms with Crippen LogP contribution in [0.2, 0.25) is 5.02 Å². The Labute approximate surface area is 97.4 Å². The van der Waals surface area contributed by atoms with Crippen molar-refractivity contribution >= 4 is 35.8 Å². The third-order valence-corrected chi connectivity index (χ3v) is 2.88. The van der Waals surface area contributed by atoms with Gasteiger partial charge in [-0.3, -0.25) is 4.79 Å². The summed E-state index contributed by atoms with van der Waals surface area (Å²) in [6.45, 7) is 0.430. The van der Waals surface area contributed by atoms with Crippen LogP contribution in [0.3, 0.4) is 0 Å². The average molecular weight is 246 g/mol. The summed E-state index contributed by atoms with van der Waals surface area (Å²) in [7, 11) is 0. The Bertz CT molecular complexity index is 412. The number of anilines is 1. The van der Waals surface area contributed by atoms with Crippen molar-refractivity contribution in [3.8, 4) is 0 Å². The molecule has 1 amide bonds. The molecule has 0 radical (unpaired) electrons. The standard InChI is InChI=1S/C10H9ClFNOS/c11-6-1-2-8(12)9(3-6)13-5-7(15)4-10(13)14/h1-3,7,15H,4-5H2. The number of thiol groups is 1. The van der Waals surface area contributed by atoms with Crippen LogP contribution >= 0.6 is 24.2 Å². The predicted molar refractivity (Wildman–Crippen MR) is 61.2 cm³/mol. The van der Waals surface area contributed by atoms with Crippen LogP contribution < -0.4 is 4.90 Å². The molecule has 80 valence electrons. The molecule has 1 aliphatic rings. The first-order chi connectivity index (χ1) is 7.08. The molecule has 1 unspecified atom stereocenters. The van der Waals surface area contributed by atoms with E-state index in [1.54, 1.807) is 0 Å². The van der Waals surface area contributed by atoms with Gasteiger partial charge < -0.3 is 4.90 Å². The summed E-state index contributed by atoms with van der Waals surface area (Å²) in [6, 6.07) is 4.18. The minimum absolute atomic E-state index is 0.0316. The third kappa shape index (κ3) is 2.11. The van der Waals surface area contributed by atoms with E-state index in [1.165, 1.54) is 23.1 Å². The van der Waals surface area contributed by atoms with Crippen molar-refractivity contribution in [1.82, 2.24) is 0 Å². The van der Waals surface area contributed by atoms with E-state index < -0.39 is 5.82 Å². The van der Waals surface area contributed by atoms with Crippen molar-refractivity contribution < 1.29 is 9.18 Å². The van der Waals surface area contributed by atoms with Crippen molar-refractivity contribution in [2.45, 2.75) is 11.7 Å². The van der Waals surface area contributed by atoms with Gasteiger partial charge in [-0.1, -0.05) is 11.6 Å². The molecule has 1 aromatic rings. The van der Waals surface area contributed by atoms with Crippen molar-refractivity contribution in [2.24, 2.45) is 0 Å². The van der Waals surface area contributed by atoms with Crippen molar-refractivity contribution in [1.29, 1.82) is 0 Å². The molecule has 2 rings (SSSR count). The maximum absolute atomic E-state index is 13.4. The Balaban J connectivity index is 2.37. The van der Waals surface area contributed by atoms with Gasteiger partial charge in [0, 0.05) is 23.2 Å². The lowest BCUT2D eigenvalue weighted by Gasteiger charge is -2.16. The van der Waals surface area contributed by atoms with E-state index in [-0.39, 0.29) is 16.8 Å². The summed E-state index contributed by atoms with van der Waals surface area (Å²) in [5.41, 5.74) is 0.240. The van der Waals surface area contributed by atoms with E-state index in [0.29, 0.717) is 18.0 Å². The SMILES string of the molecule is O=C1CC(S)CN1c1cc(Cl)ccc1F. The molecule has 1 fully saturated rings. The topological polar surface area (TPSA) is 20.3 Å². The van der Waals surface area contributed by atoms with Crippen molar-refractivity contribution in [3.05, 3.63) is 29.0 Å². The van der Waals surface area contributed by atoms with Crippen LogP contribution in [-0.4, -0.2) is 17.7 Å². The van der Waals surface area contributed by atoms with Gasteiger partial charge in [-0.25, -0.2) is 4.39 Å². The Morgan fingerprint density at radius 1 is 1.53 bits per heavy atom. The fourth-order valence-corrected chi connectivity index (χ4v) is 2.10. The summed E-state index contributed by atoms with van der Waals surface area (Å²) in [6.07, 6.45) is 0.342. The second-order valence-electron chi connectivity index (χ2n) is 3.46. The Kier molecular flexibility index (Phi) is 2.89. The number of rotatable bonds is 1. The Hall–Kier alpha value is -0.740. The van der Waals surface area contributed by atoms with Crippen LogP contribution in [0.15, 0.2) is 18.2 Å². The molecule has 0 spiro atoms. The minimum atomic E-state index is -0.435. The highest BCUT2D eigenvalue weighted by atomic mass is 35.5. The van der Waals surface area contributed by atoms with Crippen molar-refractivity contribution in [3.63, 3.8) is 0 Å². The fourth-order valence-electron chi connectivity index (χ4n) is 1.61. The van der Waals surface area contributed by atoms with E-state index in [1.807, 2.05) is 0 Å². The highest BCUT2D eigenvalue weighted by Gasteiger charge is 2.29. The van der Waals surface area contributed by atoms with E-state index >= 15 is 0 Å². The predicted octanol–water partition coefficient (Wildman–Crippen LogP) is 2.51. The molecule has 0 aromatic heterocycles. The summed E-state index contributed by atoms with van der Waals surface area (Å²) < 4.78 is 13.4. The monoisotopic (exact) mass is 245 g/mol. The maximum Gasteiger partial charge on any atom is 0.228 e.